The number of carbonyl (C=O) groups excluding carboxylic acids is 1. The van der Waals surface area contributed by atoms with Crippen LogP contribution in [0.5, 0.6) is 5.75 Å². The van der Waals surface area contributed by atoms with Crippen molar-refractivity contribution in [2.24, 2.45) is 5.92 Å². The molecule has 2 aliphatic heterocycles. The monoisotopic (exact) mass is 417 g/mol. The zero-order valence-electron chi connectivity index (χ0n) is 17.7. The lowest BCUT2D eigenvalue weighted by Crippen LogP contribution is -2.48. The second-order valence-corrected chi connectivity index (χ2v) is 8.73. The second-order valence-electron chi connectivity index (χ2n) is 8.73. The van der Waals surface area contributed by atoms with Gasteiger partial charge in [-0.05, 0) is 43.0 Å². The number of hydrogen-bond acceptors (Lipinski definition) is 5. The highest BCUT2D eigenvalue weighted by molar-refractivity contribution is 5.95. The van der Waals surface area contributed by atoms with Gasteiger partial charge in [-0.25, -0.2) is 0 Å². The van der Waals surface area contributed by atoms with Crippen molar-refractivity contribution in [1.82, 2.24) is 20.1 Å². The van der Waals surface area contributed by atoms with E-state index in [9.17, 15) is 9.90 Å². The van der Waals surface area contributed by atoms with E-state index in [1.54, 1.807) is 12.1 Å². The Kier molecular flexibility index (Phi) is 4.88. The number of hydrogen-bond donors (Lipinski definition) is 2. The molecule has 3 aromatic rings. The van der Waals surface area contributed by atoms with Crippen LogP contribution < -0.4 is 4.90 Å². The summed E-state index contributed by atoms with van der Waals surface area (Å²) in [6.45, 7) is 9.23. The Bertz CT molecular complexity index is 1150. The Morgan fingerprint density at radius 3 is 2.81 bits per heavy atom. The number of likely N-dealkylation sites (tertiary alicyclic amines) is 1. The number of aromatic hydroxyl groups is 1. The number of fused-ring (bicyclic) bond motifs is 1. The van der Waals surface area contributed by atoms with Crippen molar-refractivity contribution in [1.29, 1.82) is 0 Å². The Labute approximate surface area is 181 Å². The highest BCUT2D eigenvalue weighted by atomic mass is 16.3. The van der Waals surface area contributed by atoms with Crippen LogP contribution in [0.4, 0.5) is 5.69 Å². The molecule has 2 aromatic heterocycles. The van der Waals surface area contributed by atoms with E-state index in [1.807, 2.05) is 23.1 Å². The Balaban J connectivity index is 1.59. The summed E-state index contributed by atoms with van der Waals surface area (Å²) in [6.07, 6.45) is 3.77. The fraction of sp³-hybridized carbons (Fsp3) is 0.375. The summed E-state index contributed by atoms with van der Waals surface area (Å²) >= 11 is 0. The first-order valence-corrected chi connectivity index (χ1v) is 10.9. The molecule has 7 nitrogen and oxygen atoms in total. The summed E-state index contributed by atoms with van der Waals surface area (Å²) < 4.78 is 0. The zero-order chi connectivity index (χ0) is 21.5. The van der Waals surface area contributed by atoms with Gasteiger partial charge in [0, 0.05) is 48.7 Å². The zero-order valence-corrected chi connectivity index (χ0v) is 17.7. The number of para-hydroxylation sites is 1. The molecule has 0 unspecified atom stereocenters. The summed E-state index contributed by atoms with van der Waals surface area (Å²) in [4.78, 5) is 19.7. The van der Waals surface area contributed by atoms with Crippen LogP contribution in [0, 0.1) is 5.92 Å². The SMILES string of the molecule is C=CC(=O)N1CC(c2[nH]c3nnc(-c4ccccc4O)cc3c2N2CCC[C@@H](C)C2)C1. The molecule has 2 saturated heterocycles. The molecule has 2 fully saturated rings. The van der Waals surface area contributed by atoms with Crippen LogP contribution in [0.25, 0.3) is 22.3 Å². The number of nitrogens with zero attached hydrogens (tertiary/aromatic N) is 4. The second kappa shape index (κ2) is 7.72. The summed E-state index contributed by atoms with van der Waals surface area (Å²) in [5, 5.41) is 20.2. The molecule has 0 bridgehead atoms. The minimum absolute atomic E-state index is 0.0258. The van der Waals surface area contributed by atoms with Crippen molar-refractivity contribution in [2.75, 3.05) is 31.1 Å². The lowest BCUT2D eigenvalue weighted by atomic mass is 9.93. The summed E-state index contributed by atoms with van der Waals surface area (Å²) in [5.41, 5.74) is 4.37. The number of H-pyrrole nitrogens is 1. The minimum Gasteiger partial charge on any atom is -0.507 e. The molecule has 0 spiro atoms. The van der Waals surface area contributed by atoms with Gasteiger partial charge in [0.25, 0.3) is 0 Å². The van der Waals surface area contributed by atoms with E-state index in [0.717, 1.165) is 36.2 Å². The fourth-order valence-electron chi connectivity index (χ4n) is 4.82. The molecule has 2 aliphatic rings. The number of aromatic amines is 1. The summed E-state index contributed by atoms with van der Waals surface area (Å²) in [5.74, 6) is 1.03. The van der Waals surface area contributed by atoms with Gasteiger partial charge in [0.2, 0.25) is 5.91 Å². The highest BCUT2D eigenvalue weighted by Crippen LogP contribution is 2.41. The van der Waals surface area contributed by atoms with E-state index >= 15 is 0 Å². The topological polar surface area (TPSA) is 85.3 Å². The maximum Gasteiger partial charge on any atom is 0.245 e. The molecule has 7 heteroatoms. The quantitative estimate of drug-likeness (QED) is 0.633. The van der Waals surface area contributed by atoms with Crippen molar-refractivity contribution in [3.8, 4) is 17.0 Å². The van der Waals surface area contributed by atoms with Crippen molar-refractivity contribution in [2.45, 2.75) is 25.7 Å². The van der Waals surface area contributed by atoms with E-state index < -0.39 is 0 Å². The minimum atomic E-state index is -0.0258. The van der Waals surface area contributed by atoms with Gasteiger partial charge < -0.3 is 19.9 Å². The number of nitrogens with one attached hydrogen (secondary N) is 1. The van der Waals surface area contributed by atoms with Gasteiger partial charge in [-0.2, -0.15) is 0 Å². The molecular formula is C24H27N5O2. The smallest absolute Gasteiger partial charge is 0.245 e. The third kappa shape index (κ3) is 3.44. The van der Waals surface area contributed by atoms with Gasteiger partial charge >= 0.3 is 0 Å². The molecule has 0 radical (unpaired) electrons. The number of anilines is 1. The third-order valence-electron chi connectivity index (χ3n) is 6.49. The lowest BCUT2D eigenvalue weighted by molar-refractivity contribution is -0.130. The van der Waals surface area contributed by atoms with Crippen LogP contribution >= 0.6 is 0 Å². The van der Waals surface area contributed by atoms with Gasteiger partial charge in [0.15, 0.2) is 5.65 Å². The molecule has 1 atom stereocenters. The number of benzene rings is 1. The van der Waals surface area contributed by atoms with Crippen LogP contribution in [0.3, 0.4) is 0 Å². The first-order chi connectivity index (χ1) is 15.0. The van der Waals surface area contributed by atoms with Gasteiger partial charge in [-0.3, -0.25) is 4.79 Å². The third-order valence-corrected chi connectivity index (χ3v) is 6.49. The number of aromatic nitrogens is 3. The first-order valence-electron chi connectivity index (χ1n) is 10.9. The van der Waals surface area contributed by atoms with E-state index in [0.29, 0.717) is 30.3 Å². The Hall–Kier alpha value is -3.35. The van der Waals surface area contributed by atoms with Gasteiger partial charge in [0.05, 0.1) is 11.4 Å². The predicted molar refractivity (Wildman–Crippen MR) is 121 cm³/mol. The van der Waals surface area contributed by atoms with E-state index in [2.05, 4.69) is 33.6 Å². The lowest BCUT2D eigenvalue weighted by Gasteiger charge is -2.40. The van der Waals surface area contributed by atoms with Crippen molar-refractivity contribution < 1.29 is 9.90 Å². The number of phenols is 1. The molecule has 0 saturated carbocycles. The predicted octanol–water partition coefficient (Wildman–Crippen LogP) is 3.68. The molecular weight excluding hydrogens is 390 g/mol. The number of phenolic OH excluding ortho intramolecular Hbond substituents is 1. The fourth-order valence-corrected chi connectivity index (χ4v) is 4.82. The standard InChI is InChI=1S/C24H27N5O2/c1-3-21(31)29-13-16(14-29)22-23(28-10-6-7-15(2)12-28)18-11-19(26-27-24(18)25-22)17-8-4-5-9-20(17)30/h3-5,8-9,11,15-16,30H,1,6-7,10,12-14H2,2H3,(H,25,27)/t15-/m1/s1. The molecule has 1 amide bonds. The Morgan fingerprint density at radius 1 is 1.26 bits per heavy atom. The molecule has 31 heavy (non-hydrogen) atoms. The van der Waals surface area contributed by atoms with E-state index in [4.69, 9.17) is 0 Å². The van der Waals surface area contributed by atoms with Crippen LogP contribution in [0.15, 0.2) is 43.0 Å². The Morgan fingerprint density at radius 2 is 2.06 bits per heavy atom. The number of amides is 1. The number of rotatable bonds is 4. The van der Waals surface area contributed by atoms with E-state index in [1.165, 1.54) is 18.2 Å². The molecule has 5 rings (SSSR count). The van der Waals surface area contributed by atoms with Crippen LogP contribution in [-0.4, -0.2) is 57.3 Å². The molecule has 2 N–H and O–H groups in total. The van der Waals surface area contributed by atoms with Crippen LogP contribution in [-0.2, 0) is 4.79 Å². The molecule has 1 aromatic carbocycles. The maximum atomic E-state index is 11.9. The average molecular weight is 418 g/mol. The van der Waals surface area contributed by atoms with Crippen molar-refractivity contribution >= 4 is 22.6 Å². The number of piperidine rings is 1. The highest BCUT2D eigenvalue weighted by Gasteiger charge is 2.36. The van der Waals surface area contributed by atoms with Gasteiger partial charge in [-0.1, -0.05) is 25.6 Å². The summed E-state index contributed by atoms with van der Waals surface area (Å²) in [6, 6.07) is 9.23. The van der Waals surface area contributed by atoms with Gasteiger partial charge in [-0.15, -0.1) is 10.2 Å². The maximum absolute atomic E-state index is 11.9. The van der Waals surface area contributed by atoms with E-state index in [-0.39, 0.29) is 17.6 Å². The first kappa shape index (κ1) is 19.6. The van der Waals surface area contributed by atoms with Crippen molar-refractivity contribution in [3.05, 3.63) is 48.7 Å². The normalized spacial score (nSPS) is 19.5. The molecule has 160 valence electrons. The van der Waals surface area contributed by atoms with Crippen LogP contribution in [0.2, 0.25) is 0 Å². The summed E-state index contributed by atoms with van der Waals surface area (Å²) in [7, 11) is 0. The number of carbonyl (C=O) groups is 1. The molecule has 4 heterocycles. The van der Waals surface area contributed by atoms with Crippen LogP contribution in [0.1, 0.15) is 31.4 Å². The molecule has 0 aliphatic carbocycles. The van der Waals surface area contributed by atoms with Crippen molar-refractivity contribution in [3.63, 3.8) is 0 Å². The van der Waals surface area contributed by atoms with Gasteiger partial charge in [0.1, 0.15) is 5.75 Å². The average Bonchev–Trinajstić information content (AvgIpc) is 3.11. The largest absolute Gasteiger partial charge is 0.507 e.